The van der Waals surface area contributed by atoms with E-state index in [1.54, 1.807) is 17.8 Å². The summed E-state index contributed by atoms with van der Waals surface area (Å²) in [5.41, 5.74) is 1.55. The molecular weight excluding hydrogens is 396 g/mol. The van der Waals surface area contributed by atoms with Gasteiger partial charge in [-0.25, -0.2) is 0 Å². The van der Waals surface area contributed by atoms with E-state index in [0.29, 0.717) is 18.7 Å². The summed E-state index contributed by atoms with van der Waals surface area (Å²) in [5, 5.41) is 2.90. The van der Waals surface area contributed by atoms with Crippen molar-refractivity contribution in [3.63, 3.8) is 0 Å². The molecule has 4 rings (SSSR count). The van der Waals surface area contributed by atoms with Crippen LogP contribution in [0.4, 0.5) is 0 Å². The smallest absolute Gasteiger partial charge is 0.257 e. The first-order valence-electron chi connectivity index (χ1n) is 10.1. The number of benzene rings is 2. The molecule has 0 aliphatic carbocycles. The average Bonchev–Trinajstić information content (AvgIpc) is 3.34. The van der Waals surface area contributed by atoms with E-state index in [9.17, 15) is 9.59 Å². The molecule has 1 aliphatic rings. The summed E-state index contributed by atoms with van der Waals surface area (Å²) in [6.45, 7) is 1.24. The third-order valence-electron chi connectivity index (χ3n) is 5.23. The van der Waals surface area contributed by atoms with Gasteiger partial charge in [0.25, 0.3) is 5.91 Å². The van der Waals surface area contributed by atoms with Gasteiger partial charge in [0, 0.05) is 24.0 Å². The lowest BCUT2D eigenvalue weighted by Crippen LogP contribution is -2.47. The highest BCUT2D eigenvalue weighted by molar-refractivity contribution is 8.00. The zero-order chi connectivity index (χ0) is 20.8. The van der Waals surface area contributed by atoms with Crippen LogP contribution < -0.4 is 5.32 Å². The van der Waals surface area contributed by atoms with E-state index in [1.807, 2.05) is 65.6 Å². The predicted molar refractivity (Wildman–Crippen MR) is 117 cm³/mol. The molecule has 0 radical (unpaired) electrons. The fourth-order valence-corrected chi connectivity index (χ4v) is 4.66. The van der Waals surface area contributed by atoms with Gasteiger partial charge in [-0.3, -0.25) is 9.59 Å². The monoisotopic (exact) mass is 420 g/mol. The fourth-order valence-electron chi connectivity index (χ4n) is 3.61. The summed E-state index contributed by atoms with van der Waals surface area (Å²) in [6.07, 6.45) is 4.47. The summed E-state index contributed by atoms with van der Waals surface area (Å²) < 4.78 is 5.01. The van der Waals surface area contributed by atoms with Crippen LogP contribution in [0.2, 0.25) is 0 Å². The number of nitrogens with zero attached hydrogens (tertiary/aromatic N) is 1. The molecule has 1 N–H and O–H groups in total. The normalized spacial score (nSPS) is 15.5. The lowest BCUT2D eigenvalue weighted by atomic mass is 10.0. The maximum atomic E-state index is 13.2. The Labute approximate surface area is 180 Å². The molecule has 30 heavy (non-hydrogen) atoms. The van der Waals surface area contributed by atoms with Crippen LogP contribution in [0, 0.1) is 0 Å². The zero-order valence-electron chi connectivity index (χ0n) is 16.6. The van der Waals surface area contributed by atoms with Crippen LogP contribution in [0.15, 0.2) is 88.6 Å². The van der Waals surface area contributed by atoms with Crippen molar-refractivity contribution in [2.75, 3.05) is 13.1 Å². The van der Waals surface area contributed by atoms with Crippen molar-refractivity contribution in [3.8, 4) is 0 Å². The number of rotatable bonds is 6. The highest BCUT2D eigenvalue weighted by atomic mass is 32.2. The van der Waals surface area contributed by atoms with Crippen LogP contribution in [0.3, 0.4) is 0 Å². The standard InChI is InChI=1S/C24H24N2O3S/c27-23(22(18-7-3-1-4-8-18)30-21-9-5-2-6-10-21)25-20-11-14-26(15-12-20)24(28)19-13-16-29-17-19/h1-10,13,16-17,20,22H,11-12,14-15H2,(H,25,27)/t22-/m1/s1. The Bertz CT molecular complexity index is 953. The number of amides is 2. The molecule has 2 aromatic carbocycles. The van der Waals surface area contributed by atoms with Crippen molar-refractivity contribution in [2.45, 2.75) is 29.0 Å². The molecule has 2 heterocycles. The van der Waals surface area contributed by atoms with Crippen molar-refractivity contribution in [2.24, 2.45) is 0 Å². The van der Waals surface area contributed by atoms with Gasteiger partial charge >= 0.3 is 0 Å². The maximum absolute atomic E-state index is 13.2. The molecule has 0 spiro atoms. The van der Waals surface area contributed by atoms with Gasteiger partial charge in [0.2, 0.25) is 5.91 Å². The van der Waals surface area contributed by atoms with Gasteiger partial charge in [0.1, 0.15) is 11.5 Å². The lowest BCUT2D eigenvalue weighted by Gasteiger charge is -2.33. The number of nitrogens with one attached hydrogen (secondary N) is 1. The third kappa shape index (κ3) is 4.94. The van der Waals surface area contributed by atoms with Crippen molar-refractivity contribution in [3.05, 3.63) is 90.4 Å². The summed E-state index contributed by atoms with van der Waals surface area (Å²) in [4.78, 5) is 28.5. The van der Waals surface area contributed by atoms with Crippen molar-refractivity contribution >= 4 is 23.6 Å². The molecule has 154 valence electrons. The fraction of sp³-hybridized carbons (Fsp3) is 0.250. The number of hydrogen-bond acceptors (Lipinski definition) is 4. The second-order valence-electron chi connectivity index (χ2n) is 7.31. The quantitative estimate of drug-likeness (QED) is 0.595. The van der Waals surface area contributed by atoms with Gasteiger partial charge in [0.05, 0.1) is 11.8 Å². The number of hydrogen-bond donors (Lipinski definition) is 1. The van der Waals surface area contributed by atoms with Crippen LogP contribution in [0.1, 0.15) is 34.0 Å². The van der Waals surface area contributed by atoms with Gasteiger partial charge in [-0.15, -0.1) is 11.8 Å². The van der Waals surface area contributed by atoms with E-state index in [4.69, 9.17) is 4.42 Å². The van der Waals surface area contributed by atoms with Crippen molar-refractivity contribution in [1.82, 2.24) is 10.2 Å². The van der Waals surface area contributed by atoms with Crippen molar-refractivity contribution < 1.29 is 14.0 Å². The first kappa shape index (κ1) is 20.3. The Kier molecular flexibility index (Phi) is 6.54. The molecule has 1 saturated heterocycles. The minimum Gasteiger partial charge on any atom is -0.472 e. The second-order valence-corrected chi connectivity index (χ2v) is 8.49. The van der Waals surface area contributed by atoms with Crippen LogP contribution in [-0.2, 0) is 4.79 Å². The average molecular weight is 421 g/mol. The molecule has 1 fully saturated rings. The molecule has 1 atom stereocenters. The first-order valence-corrected chi connectivity index (χ1v) is 11.0. The highest BCUT2D eigenvalue weighted by Crippen LogP contribution is 2.35. The van der Waals surface area contributed by atoms with E-state index in [2.05, 4.69) is 5.32 Å². The Morgan fingerprint density at radius 1 is 0.967 bits per heavy atom. The highest BCUT2D eigenvalue weighted by Gasteiger charge is 2.28. The molecule has 2 amide bonds. The molecule has 5 nitrogen and oxygen atoms in total. The van der Waals surface area contributed by atoms with E-state index in [1.165, 1.54) is 12.5 Å². The van der Waals surface area contributed by atoms with Crippen LogP contribution in [0.5, 0.6) is 0 Å². The number of furan rings is 1. The summed E-state index contributed by atoms with van der Waals surface area (Å²) in [6, 6.07) is 21.6. The van der Waals surface area contributed by atoms with E-state index >= 15 is 0 Å². The van der Waals surface area contributed by atoms with Crippen LogP contribution in [0.25, 0.3) is 0 Å². The number of thioether (sulfide) groups is 1. The Morgan fingerprint density at radius 3 is 2.27 bits per heavy atom. The molecule has 0 bridgehead atoms. The second kappa shape index (κ2) is 9.67. The minimum atomic E-state index is -0.320. The van der Waals surface area contributed by atoms with Gasteiger partial charge in [-0.05, 0) is 36.6 Å². The van der Waals surface area contributed by atoms with E-state index in [0.717, 1.165) is 23.3 Å². The molecule has 1 aliphatic heterocycles. The van der Waals surface area contributed by atoms with Gasteiger partial charge in [-0.1, -0.05) is 48.5 Å². The van der Waals surface area contributed by atoms with Gasteiger partial charge in [-0.2, -0.15) is 0 Å². The molecular formula is C24H24N2O3S. The predicted octanol–water partition coefficient (Wildman–Crippen LogP) is 4.53. The SMILES string of the molecule is O=C(NC1CCN(C(=O)c2ccoc2)CC1)[C@H](Sc1ccccc1)c1ccccc1. The number of carbonyl (C=O) groups excluding carboxylic acids is 2. The Balaban J connectivity index is 1.39. The van der Waals surface area contributed by atoms with Crippen LogP contribution >= 0.6 is 11.8 Å². The topological polar surface area (TPSA) is 62.6 Å². The number of carbonyl (C=O) groups is 2. The molecule has 3 aromatic rings. The number of likely N-dealkylation sites (tertiary alicyclic amines) is 1. The lowest BCUT2D eigenvalue weighted by molar-refractivity contribution is -0.121. The minimum absolute atomic E-state index is 0.00895. The molecule has 1 aromatic heterocycles. The molecule has 0 unspecified atom stereocenters. The van der Waals surface area contributed by atoms with Crippen molar-refractivity contribution in [1.29, 1.82) is 0 Å². The van der Waals surface area contributed by atoms with Crippen LogP contribution in [-0.4, -0.2) is 35.8 Å². The maximum Gasteiger partial charge on any atom is 0.257 e. The van der Waals surface area contributed by atoms with E-state index < -0.39 is 0 Å². The number of piperidine rings is 1. The Morgan fingerprint density at radius 2 is 1.63 bits per heavy atom. The summed E-state index contributed by atoms with van der Waals surface area (Å²) in [7, 11) is 0. The van der Waals surface area contributed by atoms with Gasteiger partial charge < -0.3 is 14.6 Å². The van der Waals surface area contributed by atoms with E-state index in [-0.39, 0.29) is 23.1 Å². The first-order chi connectivity index (χ1) is 14.7. The Hall–Kier alpha value is -2.99. The zero-order valence-corrected chi connectivity index (χ0v) is 17.4. The third-order valence-corrected chi connectivity index (χ3v) is 6.50. The molecule has 0 saturated carbocycles. The largest absolute Gasteiger partial charge is 0.472 e. The summed E-state index contributed by atoms with van der Waals surface area (Å²) in [5.74, 6) is -0.00927. The van der Waals surface area contributed by atoms with Gasteiger partial charge in [0.15, 0.2) is 0 Å². The molecule has 6 heteroatoms. The summed E-state index contributed by atoms with van der Waals surface area (Å²) >= 11 is 1.56.